The number of rotatable bonds is 4. The summed E-state index contributed by atoms with van der Waals surface area (Å²) in [6.07, 6.45) is 3.08. The molecule has 0 radical (unpaired) electrons. The molecule has 22 heavy (non-hydrogen) atoms. The number of piperidine rings is 1. The standard InChI is InChI=1S/C20H25NO/c1-15(2)21-11-5-6-16(14-21)12-20(22)19-10-9-17-7-3-4-8-18(17)13-19/h3-4,7-10,13,15-16H,5-6,11-12,14H2,1-2H3/t16-/m0/s1. The van der Waals surface area contributed by atoms with Gasteiger partial charge in [-0.15, -0.1) is 0 Å². The zero-order valence-electron chi connectivity index (χ0n) is 13.6. The molecule has 0 spiro atoms. The highest BCUT2D eigenvalue weighted by Gasteiger charge is 2.24. The van der Waals surface area contributed by atoms with E-state index >= 15 is 0 Å². The van der Waals surface area contributed by atoms with Gasteiger partial charge in [-0.2, -0.15) is 0 Å². The van der Waals surface area contributed by atoms with Gasteiger partial charge < -0.3 is 4.90 Å². The van der Waals surface area contributed by atoms with Crippen molar-refractivity contribution in [1.29, 1.82) is 0 Å². The Morgan fingerprint density at radius 3 is 2.73 bits per heavy atom. The molecule has 1 fully saturated rings. The van der Waals surface area contributed by atoms with Gasteiger partial charge in [-0.3, -0.25) is 4.79 Å². The average Bonchev–Trinajstić information content (AvgIpc) is 2.54. The van der Waals surface area contributed by atoms with Gasteiger partial charge in [0.05, 0.1) is 0 Å². The van der Waals surface area contributed by atoms with E-state index in [4.69, 9.17) is 0 Å². The minimum absolute atomic E-state index is 0.293. The van der Waals surface area contributed by atoms with E-state index in [1.54, 1.807) is 0 Å². The van der Waals surface area contributed by atoms with E-state index in [9.17, 15) is 4.79 Å². The molecule has 2 aromatic carbocycles. The van der Waals surface area contributed by atoms with E-state index in [1.165, 1.54) is 24.8 Å². The van der Waals surface area contributed by atoms with Gasteiger partial charge in [0.25, 0.3) is 0 Å². The van der Waals surface area contributed by atoms with Crippen molar-refractivity contribution in [2.75, 3.05) is 13.1 Å². The highest BCUT2D eigenvalue weighted by atomic mass is 16.1. The van der Waals surface area contributed by atoms with Crippen molar-refractivity contribution in [3.05, 3.63) is 48.0 Å². The summed E-state index contributed by atoms with van der Waals surface area (Å²) in [5.74, 6) is 0.802. The summed E-state index contributed by atoms with van der Waals surface area (Å²) in [5, 5.41) is 2.35. The number of hydrogen-bond acceptors (Lipinski definition) is 2. The van der Waals surface area contributed by atoms with Crippen LogP contribution in [0.25, 0.3) is 10.8 Å². The summed E-state index contributed by atoms with van der Waals surface area (Å²) in [4.78, 5) is 15.1. The molecule has 1 atom stereocenters. The molecule has 0 saturated carbocycles. The number of benzene rings is 2. The molecule has 0 amide bonds. The van der Waals surface area contributed by atoms with Gasteiger partial charge in [0.1, 0.15) is 0 Å². The highest BCUT2D eigenvalue weighted by Crippen LogP contribution is 2.24. The summed E-state index contributed by atoms with van der Waals surface area (Å²) < 4.78 is 0. The second-order valence-electron chi connectivity index (χ2n) is 6.79. The van der Waals surface area contributed by atoms with Crippen LogP contribution < -0.4 is 0 Å². The summed E-state index contributed by atoms with van der Waals surface area (Å²) in [6.45, 7) is 6.73. The van der Waals surface area contributed by atoms with Crippen molar-refractivity contribution >= 4 is 16.6 Å². The molecule has 3 rings (SSSR count). The van der Waals surface area contributed by atoms with E-state index in [0.717, 1.165) is 17.5 Å². The third kappa shape index (κ3) is 3.38. The van der Waals surface area contributed by atoms with Crippen LogP contribution in [0, 0.1) is 5.92 Å². The van der Waals surface area contributed by atoms with E-state index in [1.807, 2.05) is 24.3 Å². The first kappa shape index (κ1) is 15.2. The van der Waals surface area contributed by atoms with Crippen molar-refractivity contribution in [1.82, 2.24) is 4.90 Å². The molecule has 0 aromatic heterocycles. The third-order valence-corrected chi connectivity index (χ3v) is 4.83. The molecule has 0 bridgehead atoms. The Kier molecular flexibility index (Phi) is 4.58. The van der Waals surface area contributed by atoms with Crippen LogP contribution in [-0.4, -0.2) is 29.8 Å². The molecule has 1 heterocycles. The maximum Gasteiger partial charge on any atom is 0.163 e. The number of carbonyl (C=O) groups excluding carboxylic acids is 1. The van der Waals surface area contributed by atoms with Gasteiger partial charge in [0.15, 0.2) is 5.78 Å². The molecule has 0 aliphatic carbocycles. The van der Waals surface area contributed by atoms with Crippen molar-refractivity contribution in [3.63, 3.8) is 0 Å². The average molecular weight is 295 g/mol. The monoisotopic (exact) mass is 295 g/mol. The molecule has 0 unspecified atom stereocenters. The number of hydrogen-bond donors (Lipinski definition) is 0. The van der Waals surface area contributed by atoms with Crippen LogP contribution >= 0.6 is 0 Å². The van der Waals surface area contributed by atoms with Crippen LogP contribution in [0.2, 0.25) is 0 Å². The van der Waals surface area contributed by atoms with Crippen LogP contribution in [0.1, 0.15) is 43.5 Å². The summed E-state index contributed by atoms with van der Waals surface area (Å²) in [6, 6.07) is 14.9. The van der Waals surface area contributed by atoms with Crippen LogP contribution in [0.15, 0.2) is 42.5 Å². The number of ketones is 1. The molecule has 2 aromatic rings. The number of Topliss-reactive ketones (excluding diaryl/α,β-unsaturated/α-hetero) is 1. The van der Waals surface area contributed by atoms with Crippen LogP contribution in [-0.2, 0) is 0 Å². The van der Waals surface area contributed by atoms with Crippen molar-refractivity contribution in [3.8, 4) is 0 Å². The van der Waals surface area contributed by atoms with Gasteiger partial charge in [-0.1, -0.05) is 36.4 Å². The Bertz CT molecular complexity index is 662. The Hall–Kier alpha value is -1.67. The second kappa shape index (κ2) is 6.62. The second-order valence-corrected chi connectivity index (χ2v) is 6.79. The zero-order chi connectivity index (χ0) is 15.5. The molecule has 2 nitrogen and oxygen atoms in total. The van der Waals surface area contributed by atoms with Crippen LogP contribution in [0.4, 0.5) is 0 Å². The van der Waals surface area contributed by atoms with E-state index < -0.39 is 0 Å². The first-order chi connectivity index (χ1) is 10.6. The number of fused-ring (bicyclic) bond motifs is 1. The molecular formula is C20H25NO. The number of nitrogens with zero attached hydrogens (tertiary/aromatic N) is 1. The number of likely N-dealkylation sites (tertiary alicyclic amines) is 1. The molecule has 0 N–H and O–H groups in total. The summed E-state index contributed by atoms with van der Waals surface area (Å²) >= 11 is 0. The topological polar surface area (TPSA) is 20.3 Å². The Labute approximate surface area is 133 Å². The van der Waals surface area contributed by atoms with Gasteiger partial charge in [0, 0.05) is 24.6 Å². The van der Waals surface area contributed by atoms with E-state index in [-0.39, 0.29) is 0 Å². The largest absolute Gasteiger partial charge is 0.301 e. The quantitative estimate of drug-likeness (QED) is 0.772. The predicted octanol–water partition coefficient (Wildman–Crippen LogP) is 4.53. The lowest BCUT2D eigenvalue weighted by Crippen LogP contribution is -2.40. The first-order valence-electron chi connectivity index (χ1n) is 8.39. The fourth-order valence-corrected chi connectivity index (χ4v) is 3.48. The van der Waals surface area contributed by atoms with Gasteiger partial charge in [-0.25, -0.2) is 0 Å². The normalized spacial score (nSPS) is 19.7. The fourth-order valence-electron chi connectivity index (χ4n) is 3.48. The minimum atomic E-state index is 0.293. The van der Waals surface area contributed by atoms with E-state index in [0.29, 0.717) is 24.2 Å². The Morgan fingerprint density at radius 1 is 1.18 bits per heavy atom. The molecule has 1 aliphatic rings. The van der Waals surface area contributed by atoms with Crippen molar-refractivity contribution in [2.24, 2.45) is 5.92 Å². The molecule has 2 heteroatoms. The molecule has 116 valence electrons. The first-order valence-corrected chi connectivity index (χ1v) is 8.39. The lowest BCUT2D eigenvalue weighted by molar-refractivity contribution is 0.0890. The lowest BCUT2D eigenvalue weighted by Gasteiger charge is -2.35. The van der Waals surface area contributed by atoms with Crippen molar-refractivity contribution < 1.29 is 4.79 Å². The third-order valence-electron chi connectivity index (χ3n) is 4.83. The Morgan fingerprint density at radius 2 is 1.95 bits per heavy atom. The van der Waals surface area contributed by atoms with Crippen LogP contribution in [0.5, 0.6) is 0 Å². The highest BCUT2D eigenvalue weighted by molar-refractivity contribution is 6.00. The number of carbonyl (C=O) groups is 1. The van der Waals surface area contributed by atoms with Crippen LogP contribution in [0.3, 0.4) is 0 Å². The molecular weight excluding hydrogens is 270 g/mol. The Balaban J connectivity index is 1.70. The van der Waals surface area contributed by atoms with Gasteiger partial charge in [-0.05, 0) is 56.0 Å². The predicted molar refractivity (Wildman–Crippen MR) is 92.3 cm³/mol. The zero-order valence-corrected chi connectivity index (χ0v) is 13.6. The summed E-state index contributed by atoms with van der Waals surface area (Å²) in [5.41, 5.74) is 0.861. The SMILES string of the molecule is CC(C)N1CCC[C@@H](CC(=O)c2ccc3ccccc3c2)C1. The maximum atomic E-state index is 12.6. The molecule has 1 aliphatic heterocycles. The van der Waals surface area contributed by atoms with Gasteiger partial charge >= 0.3 is 0 Å². The summed E-state index contributed by atoms with van der Waals surface area (Å²) in [7, 11) is 0. The van der Waals surface area contributed by atoms with Gasteiger partial charge in [0.2, 0.25) is 0 Å². The maximum absolute atomic E-state index is 12.6. The van der Waals surface area contributed by atoms with Crippen molar-refractivity contribution in [2.45, 2.75) is 39.2 Å². The molecule has 1 saturated heterocycles. The van der Waals surface area contributed by atoms with E-state index in [2.05, 4.69) is 36.9 Å². The lowest BCUT2D eigenvalue weighted by atomic mass is 9.90. The minimum Gasteiger partial charge on any atom is -0.301 e. The smallest absolute Gasteiger partial charge is 0.163 e. The fraction of sp³-hybridized carbons (Fsp3) is 0.450.